The van der Waals surface area contributed by atoms with Gasteiger partial charge in [-0.15, -0.1) is 0 Å². The molecule has 1 heterocycles. The number of carbonyl (C=O) groups excluding carboxylic acids is 1. The average Bonchev–Trinajstić information content (AvgIpc) is 3.39. The molecule has 1 aliphatic heterocycles. The monoisotopic (exact) mass is 309 g/mol. The summed E-state index contributed by atoms with van der Waals surface area (Å²) in [6.45, 7) is 0. The van der Waals surface area contributed by atoms with Crippen LogP contribution >= 0.6 is 0 Å². The molecular weight excluding hydrogens is 294 g/mol. The zero-order chi connectivity index (χ0) is 16.0. The third-order valence-corrected chi connectivity index (χ3v) is 4.30. The van der Waals surface area contributed by atoms with Crippen LogP contribution < -0.4 is 5.32 Å². The van der Waals surface area contributed by atoms with Crippen LogP contribution in [-0.2, 0) is 0 Å². The fourth-order valence-corrected chi connectivity index (χ4v) is 3.05. The molecule has 6 heteroatoms. The Balaban J connectivity index is 1.79. The van der Waals surface area contributed by atoms with Gasteiger partial charge in [0.05, 0.1) is 10.5 Å². The molecule has 0 spiro atoms. The molecule has 2 aromatic rings. The number of hydrogen-bond acceptors (Lipinski definition) is 4. The van der Waals surface area contributed by atoms with E-state index in [1.165, 1.54) is 12.1 Å². The SMILES string of the molecule is O=C1c2ccccc2NC(c2cccc([N+](=O)[O-])c2)N1C1CC1. The van der Waals surface area contributed by atoms with E-state index in [0.717, 1.165) is 24.1 Å². The quantitative estimate of drug-likeness (QED) is 0.697. The van der Waals surface area contributed by atoms with E-state index in [9.17, 15) is 14.9 Å². The highest BCUT2D eigenvalue weighted by Gasteiger charge is 2.42. The Bertz CT molecular complexity index is 801. The number of non-ortho nitro benzene ring substituents is 1. The summed E-state index contributed by atoms with van der Waals surface area (Å²) in [4.78, 5) is 25.3. The van der Waals surface area contributed by atoms with Gasteiger partial charge in [0, 0.05) is 29.4 Å². The number of fused-ring (bicyclic) bond motifs is 1. The summed E-state index contributed by atoms with van der Waals surface area (Å²) < 4.78 is 0. The number of nitrogens with one attached hydrogen (secondary N) is 1. The van der Waals surface area contributed by atoms with Gasteiger partial charge in [0.2, 0.25) is 0 Å². The Labute approximate surface area is 132 Å². The molecule has 1 saturated carbocycles. The molecule has 0 aromatic heterocycles. The first-order valence-corrected chi connectivity index (χ1v) is 7.58. The highest BCUT2D eigenvalue weighted by molar-refractivity contribution is 6.02. The van der Waals surface area contributed by atoms with Crippen LogP contribution in [0.15, 0.2) is 48.5 Å². The van der Waals surface area contributed by atoms with Crippen LogP contribution in [0.5, 0.6) is 0 Å². The zero-order valence-electron chi connectivity index (χ0n) is 12.3. The highest BCUT2D eigenvalue weighted by Crippen LogP contribution is 2.41. The van der Waals surface area contributed by atoms with Crippen molar-refractivity contribution >= 4 is 17.3 Å². The summed E-state index contributed by atoms with van der Waals surface area (Å²) in [6, 6.07) is 14.1. The fraction of sp³-hybridized carbons (Fsp3) is 0.235. The van der Waals surface area contributed by atoms with Crippen molar-refractivity contribution in [1.29, 1.82) is 0 Å². The summed E-state index contributed by atoms with van der Waals surface area (Å²) in [5.74, 6) is -0.0154. The van der Waals surface area contributed by atoms with Gasteiger partial charge in [0.15, 0.2) is 0 Å². The second-order valence-electron chi connectivity index (χ2n) is 5.89. The van der Waals surface area contributed by atoms with Gasteiger partial charge in [-0.3, -0.25) is 14.9 Å². The van der Waals surface area contributed by atoms with Crippen molar-refractivity contribution < 1.29 is 9.72 Å². The Morgan fingerprint density at radius 3 is 2.65 bits per heavy atom. The van der Waals surface area contributed by atoms with E-state index < -0.39 is 4.92 Å². The molecule has 0 saturated heterocycles. The van der Waals surface area contributed by atoms with Gasteiger partial charge < -0.3 is 10.2 Å². The number of carbonyl (C=O) groups is 1. The lowest BCUT2D eigenvalue weighted by Crippen LogP contribution is -2.44. The number of rotatable bonds is 3. The normalized spacial score (nSPS) is 19.9. The second-order valence-corrected chi connectivity index (χ2v) is 5.89. The molecule has 116 valence electrons. The molecule has 0 radical (unpaired) electrons. The lowest BCUT2D eigenvalue weighted by Gasteiger charge is -2.38. The fourth-order valence-electron chi connectivity index (χ4n) is 3.05. The van der Waals surface area contributed by atoms with Crippen LogP contribution in [0.4, 0.5) is 11.4 Å². The smallest absolute Gasteiger partial charge is 0.269 e. The first kappa shape index (κ1) is 13.8. The summed E-state index contributed by atoms with van der Waals surface area (Å²) in [5, 5.41) is 14.4. The van der Waals surface area contributed by atoms with Gasteiger partial charge >= 0.3 is 0 Å². The molecule has 1 N–H and O–H groups in total. The second kappa shape index (κ2) is 5.08. The van der Waals surface area contributed by atoms with Crippen LogP contribution in [0.1, 0.15) is 34.9 Å². The third-order valence-electron chi connectivity index (χ3n) is 4.30. The molecule has 1 fully saturated rings. The van der Waals surface area contributed by atoms with Crippen LogP contribution in [-0.4, -0.2) is 21.8 Å². The van der Waals surface area contributed by atoms with Crippen LogP contribution in [0.3, 0.4) is 0 Å². The van der Waals surface area contributed by atoms with Crippen LogP contribution in [0.2, 0.25) is 0 Å². The van der Waals surface area contributed by atoms with Gasteiger partial charge in [-0.25, -0.2) is 0 Å². The van der Waals surface area contributed by atoms with Crippen LogP contribution in [0.25, 0.3) is 0 Å². The molecule has 1 aliphatic carbocycles. The predicted octanol–water partition coefficient (Wildman–Crippen LogP) is 3.32. The van der Waals surface area contributed by atoms with Crippen molar-refractivity contribution in [3.8, 4) is 0 Å². The number of amides is 1. The number of hydrogen-bond donors (Lipinski definition) is 1. The minimum absolute atomic E-state index is 0.0154. The number of nitro benzene ring substituents is 1. The number of para-hydroxylation sites is 1. The first-order valence-electron chi connectivity index (χ1n) is 7.58. The minimum atomic E-state index is -0.413. The highest BCUT2D eigenvalue weighted by atomic mass is 16.6. The van der Waals surface area contributed by atoms with Gasteiger partial charge in [0.1, 0.15) is 6.17 Å². The molecule has 1 amide bonds. The summed E-state index contributed by atoms with van der Waals surface area (Å²) in [7, 11) is 0. The van der Waals surface area contributed by atoms with E-state index >= 15 is 0 Å². The summed E-state index contributed by atoms with van der Waals surface area (Å²) >= 11 is 0. The molecular formula is C17H15N3O3. The Hall–Kier alpha value is -2.89. The number of benzene rings is 2. The maximum absolute atomic E-state index is 12.9. The maximum Gasteiger partial charge on any atom is 0.269 e. The standard InChI is InChI=1S/C17H15N3O3/c21-17-14-6-1-2-7-15(14)18-16(19(17)12-8-9-12)11-4-3-5-13(10-11)20(22)23/h1-7,10,12,16,18H,8-9H2. The van der Waals surface area contributed by atoms with Crippen molar-refractivity contribution in [1.82, 2.24) is 4.90 Å². The van der Waals surface area contributed by atoms with Gasteiger partial charge in [0.25, 0.3) is 11.6 Å². The maximum atomic E-state index is 12.9. The molecule has 2 aromatic carbocycles. The largest absolute Gasteiger partial charge is 0.361 e. The van der Waals surface area contributed by atoms with E-state index in [-0.39, 0.29) is 23.8 Å². The minimum Gasteiger partial charge on any atom is -0.361 e. The lowest BCUT2D eigenvalue weighted by atomic mass is 10.0. The van der Waals surface area contributed by atoms with E-state index in [1.807, 2.05) is 35.2 Å². The van der Waals surface area contributed by atoms with Crippen LogP contribution in [0, 0.1) is 10.1 Å². The van der Waals surface area contributed by atoms with E-state index in [2.05, 4.69) is 5.32 Å². The Morgan fingerprint density at radius 2 is 1.91 bits per heavy atom. The van der Waals surface area contributed by atoms with Gasteiger partial charge in [-0.2, -0.15) is 0 Å². The first-order chi connectivity index (χ1) is 11.1. The molecule has 0 bridgehead atoms. The number of nitro groups is 1. The van der Waals surface area contributed by atoms with Crippen molar-refractivity contribution in [3.63, 3.8) is 0 Å². The van der Waals surface area contributed by atoms with E-state index in [0.29, 0.717) is 5.56 Å². The zero-order valence-corrected chi connectivity index (χ0v) is 12.3. The summed E-state index contributed by atoms with van der Waals surface area (Å²) in [6.07, 6.45) is 1.58. The van der Waals surface area contributed by atoms with Crippen molar-refractivity contribution in [3.05, 3.63) is 69.8 Å². The molecule has 1 atom stereocenters. The van der Waals surface area contributed by atoms with E-state index in [4.69, 9.17) is 0 Å². The summed E-state index contributed by atoms with van der Waals surface area (Å²) in [5.41, 5.74) is 2.19. The average molecular weight is 309 g/mol. The molecule has 1 unspecified atom stereocenters. The molecule has 2 aliphatic rings. The van der Waals surface area contributed by atoms with Gasteiger partial charge in [-0.05, 0) is 25.0 Å². The number of anilines is 1. The van der Waals surface area contributed by atoms with Crippen molar-refractivity contribution in [2.24, 2.45) is 0 Å². The molecule has 23 heavy (non-hydrogen) atoms. The van der Waals surface area contributed by atoms with Crippen molar-refractivity contribution in [2.75, 3.05) is 5.32 Å². The lowest BCUT2D eigenvalue weighted by molar-refractivity contribution is -0.384. The van der Waals surface area contributed by atoms with E-state index in [1.54, 1.807) is 6.07 Å². The Kier molecular flexibility index (Phi) is 3.04. The van der Waals surface area contributed by atoms with Crippen molar-refractivity contribution in [2.45, 2.75) is 25.0 Å². The topological polar surface area (TPSA) is 75.5 Å². The van der Waals surface area contributed by atoms with Gasteiger partial charge in [-0.1, -0.05) is 24.3 Å². The predicted molar refractivity (Wildman–Crippen MR) is 85.1 cm³/mol. The number of nitrogens with zero attached hydrogens (tertiary/aromatic N) is 2. The Morgan fingerprint density at radius 1 is 1.13 bits per heavy atom. The third kappa shape index (κ3) is 2.32. The molecule has 6 nitrogen and oxygen atoms in total. The molecule has 4 rings (SSSR count).